The van der Waals surface area contributed by atoms with Crippen LogP contribution in [0.4, 0.5) is 0 Å². The summed E-state index contributed by atoms with van der Waals surface area (Å²) in [6.45, 7) is 4.77. The molecule has 2 atom stereocenters. The standard InChI is InChI=1S/2C10H9.C2H4.2ClH.Ti/c2*1-8-6-9-4-2-3-5-10(9)7-8;1-2;;;/h2*2-7H,1H3;1-2H2;2*1H;. The van der Waals surface area contributed by atoms with Gasteiger partial charge in [-0.25, -0.2) is 0 Å². The second kappa shape index (κ2) is 6.74. The first-order chi connectivity index (χ1) is 11.2. The maximum atomic E-state index is 2.46. The van der Waals surface area contributed by atoms with Crippen molar-refractivity contribution in [3.8, 4) is 0 Å². The zero-order chi connectivity index (χ0) is 15.6. The minimum atomic E-state index is -1.97. The van der Waals surface area contributed by atoms with Crippen LogP contribution in [0.5, 0.6) is 0 Å². The van der Waals surface area contributed by atoms with Gasteiger partial charge in [-0.05, 0) is 0 Å². The summed E-state index contributed by atoms with van der Waals surface area (Å²) in [5.41, 5.74) is 9.53. The van der Waals surface area contributed by atoms with Crippen LogP contribution in [0, 0.1) is 0 Å². The van der Waals surface area contributed by atoms with Crippen molar-refractivity contribution in [1.82, 2.24) is 0 Å². The van der Waals surface area contributed by atoms with E-state index >= 15 is 0 Å². The maximum absolute atomic E-state index is 2.46. The Balaban J connectivity index is 0.000000911. The van der Waals surface area contributed by atoms with Crippen molar-refractivity contribution in [3.63, 3.8) is 0 Å². The molecule has 0 saturated carbocycles. The summed E-state index contributed by atoms with van der Waals surface area (Å²) >= 11 is -1.97. The van der Waals surface area contributed by atoms with Gasteiger partial charge in [-0.3, -0.25) is 0 Å². The Morgan fingerprint density at radius 1 is 0.680 bits per heavy atom. The number of hydrogen-bond donors (Lipinski definition) is 0. The van der Waals surface area contributed by atoms with Crippen LogP contribution < -0.4 is 0 Å². The van der Waals surface area contributed by atoms with E-state index in [-0.39, 0.29) is 24.8 Å². The van der Waals surface area contributed by atoms with Crippen LogP contribution in [0.25, 0.3) is 12.2 Å². The molecule has 2 aliphatic carbocycles. The molecule has 0 radical (unpaired) electrons. The molecule has 25 heavy (non-hydrogen) atoms. The fourth-order valence-electron chi connectivity index (χ4n) is 5.37. The van der Waals surface area contributed by atoms with Crippen molar-refractivity contribution in [3.05, 3.63) is 81.9 Å². The summed E-state index contributed by atoms with van der Waals surface area (Å²) in [5, 5.41) is 0. The number of fused-ring (bicyclic) bond motifs is 2. The zero-order valence-corrected chi connectivity index (χ0v) is 17.9. The fraction of sp³-hybridized carbons (Fsp3) is 0.273. The number of benzene rings is 2. The molecule has 1 aliphatic heterocycles. The first kappa shape index (κ1) is 19.0. The predicted molar refractivity (Wildman–Crippen MR) is 110 cm³/mol. The van der Waals surface area contributed by atoms with Crippen LogP contribution >= 0.6 is 24.8 Å². The average Bonchev–Trinajstić information content (AvgIpc) is 3.13. The van der Waals surface area contributed by atoms with Crippen LogP contribution in [0.15, 0.2) is 59.7 Å². The van der Waals surface area contributed by atoms with Gasteiger partial charge in [0, 0.05) is 0 Å². The topological polar surface area (TPSA) is 0 Å². The second-order valence-electron chi connectivity index (χ2n) is 7.63. The van der Waals surface area contributed by atoms with E-state index in [4.69, 9.17) is 0 Å². The molecule has 0 nitrogen and oxygen atoms in total. The predicted octanol–water partition coefficient (Wildman–Crippen LogP) is 7.15. The van der Waals surface area contributed by atoms with E-state index in [1.165, 1.54) is 20.6 Å². The van der Waals surface area contributed by atoms with Gasteiger partial charge in [0.2, 0.25) is 0 Å². The summed E-state index contributed by atoms with van der Waals surface area (Å²) < 4.78 is 4.64. The van der Waals surface area contributed by atoms with E-state index in [2.05, 4.69) is 74.5 Å². The van der Waals surface area contributed by atoms with Gasteiger partial charge in [-0.2, -0.15) is 0 Å². The van der Waals surface area contributed by atoms with Gasteiger partial charge in [0.15, 0.2) is 0 Å². The first-order valence-corrected chi connectivity index (χ1v) is 12.8. The Labute approximate surface area is 166 Å². The van der Waals surface area contributed by atoms with Gasteiger partial charge in [0.05, 0.1) is 0 Å². The van der Waals surface area contributed by atoms with E-state index in [9.17, 15) is 0 Å². The molecule has 0 N–H and O–H groups in total. The summed E-state index contributed by atoms with van der Waals surface area (Å²) in [7, 11) is 0. The molecule has 3 aliphatic rings. The summed E-state index contributed by atoms with van der Waals surface area (Å²) in [6.07, 6.45) is 4.93. The molecule has 1 heterocycles. The number of hydrogen-bond acceptors (Lipinski definition) is 0. The third-order valence-corrected chi connectivity index (χ3v) is 14.8. The average molecular weight is 407 g/mol. The SMILES string of the molecule is CC1=Cc2ccccc2[CH]1[Ti]1([CH]2C(C)=Cc3ccccc32)[CH2][CH2]1.Cl.Cl. The summed E-state index contributed by atoms with van der Waals surface area (Å²) in [6, 6.07) is 18.3. The quantitative estimate of drug-likeness (QED) is 0.464. The van der Waals surface area contributed by atoms with Crippen molar-refractivity contribution in [1.29, 1.82) is 0 Å². The molecule has 2 unspecified atom stereocenters. The Hall–Kier alpha value is -0.786. The summed E-state index contributed by atoms with van der Waals surface area (Å²) in [4.78, 5) is 0. The molecular formula is C22H24Cl2Ti. The molecule has 2 aromatic rings. The Morgan fingerprint density at radius 3 is 1.48 bits per heavy atom. The Kier molecular flexibility index (Phi) is 5.12. The van der Waals surface area contributed by atoms with E-state index in [1.807, 2.05) is 0 Å². The normalized spacial score (nSPS) is 24.2. The van der Waals surface area contributed by atoms with E-state index in [0.717, 1.165) is 8.45 Å². The van der Waals surface area contributed by atoms with E-state index in [1.54, 1.807) is 22.3 Å². The van der Waals surface area contributed by atoms with Crippen molar-refractivity contribution in [2.75, 3.05) is 0 Å². The van der Waals surface area contributed by atoms with Crippen molar-refractivity contribution < 1.29 is 16.6 Å². The van der Waals surface area contributed by atoms with Crippen molar-refractivity contribution in [2.45, 2.75) is 31.7 Å². The molecule has 5 rings (SSSR count). The van der Waals surface area contributed by atoms with Crippen LogP contribution in [0.1, 0.15) is 44.5 Å². The van der Waals surface area contributed by atoms with Crippen LogP contribution in [0.3, 0.4) is 0 Å². The number of rotatable bonds is 2. The van der Waals surface area contributed by atoms with Gasteiger partial charge in [0.1, 0.15) is 0 Å². The van der Waals surface area contributed by atoms with Crippen molar-refractivity contribution >= 4 is 37.0 Å². The molecule has 0 amide bonds. The van der Waals surface area contributed by atoms with Gasteiger partial charge < -0.3 is 0 Å². The van der Waals surface area contributed by atoms with Crippen LogP contribution in [-0.2, 0) is 16.6 Å². The zero-order valence-electron chi connectivity index (χ0n) is 14.7. The monoisotopic (exact) mass is 406 g/mol. The fourth-order valence-corrected chi connectivity index (χ4v) is 15.9. The molecule has 2 aromatic carbocycles. The van der Waals surface area contributed by atoms with Gasteiger partial charge in [-0.15, -0.1) is 24.8 Å². The van der Waals surface area contributed by atoms with E-state index in [0.29, 0.717) is 0 Å². The minimum Gasteiger partial charge on any atom is -0.147 e. The summed E-state index contributed by atoms with van der Waals surface area (Å²) in [5.74, 6) is 0. The Bertz CT molecular complexity index is 808. The molecule has 3 heteroatoms. The van der Waals surface area contributed by atoms with E-state index < -0.39 is 16.6 Å². The van der Waals surface area contributed by atoms with Gasteiger partial charge >= 0.3 is 142 Å². The van der Waals surface area contributed by atoms with Crippen molar-refractivity contribution in [2.24, 2.45) is 0 Å². The van der Waals surface area contributed by atoms with Crippen LogP contribution in [0.2, 0.25) is 9.45 Å². The smallest absolute Gasteiger partial charge is 0.147 e. The Morgan fingerprint density at radius 2 is 1.08 bits per heavy atom. The first-order valence-electron chi connectivity index (χ1n) is 8.75. The van der Waals surface area contributed by atoms with Crippen LogP contribution in [-0.4, -0.2) is 0 Å². The molecule has 0 bridgehead atoms. The van der Waals surface area contributed by atoms with Gasteiger partial charge in [0.25, 0.3) is 0 Å². The number of halogens is 2. The van der Waals surface area contributed by atoms with Gasteiger partial charge in [-0.1, -0.05) is 0 Å². The molecule has 1 fully saturated rings. The molecule has 0 spiro atoms. The molecule has 1 saturated heterocycles. The molecule has 0 aromatic heterocycles. The largest absolute Gasteiger partial charge is 0.147 e. The second-order valence-corrected chi connectivity index (χ2v) is 14.8. The molecule has 130 valence electrons. The molecular weight excluding hydrogens is 383 g/mol. The minimum absolute atomic E-state index is 0. The maximum Gasteiger partial charge on any atom is -0.147 e. The third-order valence-electron chi connectivity index (χ3n) is 6.27. The third kappa shape index (κ3) is 2.70. The number of allylic oxidation sites excluding steroid dienone is 2.